The minimum absolute atomic E-state index is 0.0266. The van der Waals surface area contributed by atoms with Crippen LogP contribution < -0.4 is 4.72 Å². The van der Waals surface area contributed by atoms with Crippen LogP contribution in [0.2, 0.25) is 0 Å². The first kappa shape index (κ1) is 20.3. The van der Waals surface area contributed by atoms with E-state index < -0.39 is 12.1 Å². The summed E-state index contributed by atoms with van der Waals surface area (Å²) in [5.74, 6) is -0.895. The first-order valence-corrected chi connectivity index (χ1v) is 9.30. The van der Waals surface area contributed by atoms with Crippen LogP contribution >= 0.6 is 23.9 Å². The van der Waals surface area contributed by atoms with E-state index in [2.05, 4.69) is 9.88 Å². The number of carbonyl (C=O) groups excluding carboxylic acids is 1. The van der Waals surface area contributed by atoms with E-state index in [1.165, 1.54) is 11.8 Å². The van der Waals surface area contributed by atoms with Crippen LogP contribution in [0.5, 0.6) is 0 Å². The highest BCUT2D eigenvalue weighted by atomic mass is 32.2. The monoisotopic (exact) mass is 371 g/mol. The smallest absolute Gasteiger partial charge is 0.444 e. The van der Waals surface area contributed by atoms with Crippen LogP contribution in [0.25, 0.3) is 0 Å². The second kappa shape index (κ2) is 11.8. The Hall–Kier alpha value is -1.71. The lowest BCUT2D eigenvalue weighted by molar-refractivity contribution is -0.137. The maximum Gasteiger partial charge on any atom is 0.444 e. The molecule has 1 amide bonds. The summed E-state index contributed by atoms with van der Waals surface area (Å²) >= 11 is 2.41. The minimum Gasteiger partial charge on any atom is -0.481 e. The van der Waals surface area contributed by atoms with Crippen LogP contribution in [0.1, 0.15) is 25.3 Å². The predicted molar refractivity (Wildman–Crippen MR) is 97.6 cm³/mol. The van der Waals surface area contributed by atoms with E-state index in [-0.39, 0.29) is 13.0 Å². The Morgan fingerprint density at radius 1 is 1.33 bits per heavy atom. The summed E-state index contributed by atoms with van der Waals surface area (Å²) < 4.78 is 4.24. The number of aliphatic carboxylic acids is 1. The summed E-state index contributed by atoms with van der Waals surface area (Å²) in [4.78, 5) is 27.2. The van der Waals surface area contributed by atoms with Gasteiger partial charge in [-0.3, -0.25) is 9.63 Å². The molecule has 9 heteroatoms. The lowest BCUT2D eigenvalue weighted by Crippen LogP contribution is -2.26. The van der Waals surface area contributed by atoms with Crippen molar-refractivity contribution in [3.8, 4) is 0 Å². The van der Waals surface area contributed by atoms with E-state index in [0.717, 1.165) is 17.7 Å². The third-order valence-corrected chi connectivity index (χ3v) is 4.47. The minimum atomic E-state index is -0.895. The number of hydrogen-bond donors (Lipinski definition) is 2. The van der Waals surface area contributed by atoms with Crippen molar-refractivity contribution in [1.29, 1.82) is 0 Å². The molecule has 0 bridgehead atoms. The lowest BCUT2D eigenvalue weighted by Gasteiger charge is -2.19. The van der Waals surface area contributed by atoms with E-state index in [4.69, 9.17) is 9.94 Å². The second-order valence-electron chi connectivity index (χ2n) is 4.61. The molecule has 0 saturated heterocycles. The molecule has 0 atom stereocenters. The van der Waals surface area contributed by atoms with Crippen LogP contribution in [-0.2, 0) is 16.2 Å². The summed E-state index contributed by atoms with van der Waals surface area (Å²) in [5.41, 5.74) is 1.01. The molecule has 0 unspecified atom stereocenters. The van der Waals surface area contributed by atoms with Crippen molar-refractivity contribution in [2.24, 2.45) is 5.16 Å². The first-order valence-electron chi connectivity index (χ1n) is 7.30. The molecule has 0 fully saturated rings. The normalized spacial score (nSPS) is 11.4. The number of nitrogens with zero attached hydrogens (tertiary/aromatic N) is 2. The van der Waals surface area contributed by atoms with Gasteiger partial charge < -0.3 is 5.11 Å². The van der Waals surface area contributed by atoms with Crippen molar-refractivity contribution in [3.05, 3.63) is 35.9 Å². The fraction of sp³-hybridized carbons (Fsp3) is 0.400. The fourth-order valence-corrected chi connectivity index (χ4v) is 2.66. The Labute approximate surface area is 150 Å². The molecule has 0 aliphatic carbocycles. The predicted octanol–water partition coefficient (Wildman–Crippen LogP) is 3.34. The van der Waals surface area contributed by atoms with Gasteiger partial charge in [0.15, 0.2) is 0 Å². The summed E-state index contributed by atoms with van der Waals surface area (Å²) in [7, 11) is 0. The molecule has 0 saturated carbocycles. The number of nitrogens with one attached hydrogen (secondary N) is 1. The third kappa shape index (κ3) is 8.80. The molecule has 0 heterocycles. The number of benzene rings is 1. The van der Waals surface area contributed by atoms with Crippen LogP contribution in [0.15, 0.2) is 35.5 Å². The largest absolute Gasteiger partial charge is 0.481 e. The Balaban J connectivity index is 2.53. The van der Waals surface area contributed by atoms with Crippen LogP contribution in [-0.4, -0.2) is 39.3 Å². The number of carbonyl (C=O) groups is 2. The molecular weight excluding hydrogens is 350 g/mol. The van der Waals surface area contributed by atoms with Crippen molar-refractivity contribution >= 4 is 41.0 Å². The zero-order chi connectivity index (χ0) is 17.8. The number of rotatable bonds is 9. The van der Waals surface area contributed by atoms with E-state index in [1.807, 2.05) is 43.5 Å². The Morgan fingerprint density at radius 2 is 2.04 bits per heavy atom. The van der Waals surface area contributed by atoms with Crippen molar-refractivity contribution < 1.29 is 19.5 Å². The standard InChI is InChI=1S/C15H21N3O4S2/c1-3-13(23-2)16-22-15(21)17-24-18(10-9-14(19)20)11-12-7-5-4-6-8-12/h4-8H,3,9-11H2,1-2H3,(H,17,21)(H,19,20)/b16-13-. The van der Waals surface area contributed by atoms with Gasteiger partial charge in [-0.15, -0.1) is 11.8 Å². The van der Waals surface area contributed by atoms with Crippen molar-refractivity contribution in [3.63, 3.8) is 0 Å². The van der Waals surface area contributed by atoms with Gasteiger partial charge in [0, 0.05) is 25.2 Å². The van der Waals surface area contributed by atoms with Gasteiger partial charge in [0.25, 0.3) is 0 Å². The number of amides is 1. The van der Waals surface area contributed by atoms with Gasteiger partial charge >= 0.3 is 12.1 Å². The van der Waals surface area contributed by atoms with E-state index in [0.29, 0.717) is 18.0 Å². The van der Waals surface area contributed by atoms with Crippen molar-refractivity contribution in [2.45, 2.75) is 26.3 Å². The molecule has 132 valence electrons. The van der Waals surface area contributed by atoms with Gasteiger partial charge in [-0.05, 0) is 18.2 Å². The molecule has 1 aromatic carbocycles. The van der Waals surface area contributed by atoms with Gasteiger partial charge in [-0.25, -0.2) is 13.8 Å². The highest BCUT2D eigenvalue weighted by Gasteiger charge is 2.12. The molecule has 0 aliphatic heterocycles. The summed E-state index contributed by atoms with van der Waals surface area (Å²) in [6, 6.07) is 9.58. The average molecular weight is 371 g/mol. The lowest BCUT2D eigenvalue weighted by atomic mass is 10.2. The van der Waals surface area contributed by atoms with E-state index >= 15 is 0 Å². The maximum absolute atomic E-state index is 11.7. The summed E-state index contributed by atoms with van der Waals surface area (Å²) in [6.45, 7) is 2.69. The SMILES string of the molecule is CC/C(=N/OC(=O)NSN(CCC(=O)O)Cc1ccccc1)SC. The van der Waals surface area contributed by atoms with Crippen molar-refractivity contribution in [2.75, 3.05) is 12.8 Å². The van der Waals surface area contributed by atoms with Gasteiger partial charge in [0.2, 0.25) is 0 Å². The topological polar surface area (TPSA) is 91.2 Å². The van der Waals surface area contributed by atoms with Crippen LogP contribution in [0, 0.1) is 0 Å². The molecule has 1 aromatic rings. The number of carboxylic acids is 1. The Bertz CT molecular complexity index is 549. The first-order chi connectivity index (χ1) is 11.5. The van der Waals surface area contributed by atoms with Crippen molar-refractivity contribution in [1.82, 2.24) is 9.03 Å². The Morgan fingerprint density at radius 3 is 2.62 bits per heavy atom. The second-order valence-corrected chi connectivity index (χ2v) is 6.39. The zero-order valence-corrected chi connectivity index (χ0v) is 15.2. The number of carboxylic acid groups (broad SMARTS) is 1. The molecule has 0 aromatic heterocycles. The Kier molecular flexibility index (Phi) is 9.97. The van der Waals surface area contributed by atoms with Gasteiger partial charge in [0.05, 0.1) is 6.42 Å². The zero-order valence-electron chi connectivity index (χ0n) is 13.6. The van der Waals surface area contributed by atoms with Gasteiger partial charge in [-0.2, -0.15) is 0 Å². The number of hydrogen-bond acceptors (Lipinski definition) is 7. The highest BCUT2D eigenvalue weighted by Crippen LogP contribution is 2.13. The number of oxime groups is 1. The molecule has 1 rings (SSSR count). The summed E-state index contributed by atoms with van der Waals surface area (Å²) in [6.07, 6.45) is 1.81. The fourth-order valence-electron chi connectivity index (χ4n) is 1.62. The van der Waals surface area contributed by atoms with E-state index in [1.54, 1.807) is 4.31 Å². The van der Waals surface area contributed by atoms with Gasteiger partial charge in [-0.1, -0.05) is 42.4 Å². The average Bonchev–Trinajstić information content (AvgIpc) is 2.59. The molecule has 2 N–H and O–H groups in total. The van der Waals surface area contributed by atoms with Crippen LogP contribution in [0.3, 0.4) is 0 Å². The van der Waals surface area contributed by atoms with E-state index in [9.17, 15) is 9.59 Å². The van der Waals surface area contributed by atoms with Gasteiger partial charge in [0.1, 0.15) is 5.04 Å². The molecule has 7 nitrogen and oxygen atoms in total. The maximum atomic E-state index is 11.7. The molecule has 0 aliphatic rings. The molecule has 0 radical (unpaired) electrons. The quantitative estimate of drug-likeness (QED) is 0.226. The summed E-state index contributed by atoms with van der Waals surface area (Å²) in [5, 5.41) is 13.3. The molecular formula is C15H21N3O4S2. The number of thioether (sulfide) groups is 1. The molecule has 24 heavy (non-hydrogen) atoms. The third-order valence-electron chi connectivity index (χ3n) is 2.80. The molecule has 0 spiro atoms. The van der Waals surface area contributed by atoms with Crippen LogP contribution in [0.4, 0.5) is 4.79 Å². The highest BCUT2D eigenvalue weighted by molar-refractivity contribution is 8.13.